The standard InChI is InChI=1S/C64H74N12O8/c1-39(65-3)59(77)71-57(43-25-29-83-30-26-43)63(81)75-35-47(33-53(75)49-37-73-51(17-11-19-55(73)69-49)41-13-7-5-8-14-41)67-61(79)45-21-23-46(24-22-45)62(80)68-48-34-54(50-38-74-52(18-12-20-56(74)70-50)42-15-9-6-10-16-42)76(36-48)64(82)58(44-27-31-84-32-28-44)72-60(78)40(2)66-4/h5-24,37-40,43-44,47-48,53-54,57-58,65-66H,25-36H2,1-4H3,(H,67,79)(H,68,80)(H,71,77)(H,72,78)/t39-,40-,47-,48-,53-,54-,57-,58-/m0/s1. The van der Waals surface area contributed by atoms with E-state index in [1.165, 1.54) is 0 Å². The molecule has 0 unspecified atom stereocenters. The first-order valence-electron chi connectivity index (χ1n) is 29.4. The number of likely N-dealkylation sites (tertiary alicyclic amines) is 2. The third kappa shape index (κ3) is 12.3. The zero-order chi connectivity index (χ0) is 58.4. The maximum Gasteiger partial charge on any atom is 0.251 e. The number of nitrogens with one attached hydrogen (secondary N) is 6. The van der Waals surface area contributed by atoms with Crippen molar-refractivity contribution in [1.82, 2.24) is 60.5 Å². The van der Waals surface area contributed by atoms with Gasteiger partial charge in [-0.05, 0) is 138 Å². The van der Waals surface area contributed by atoms with E-state index in [9.17, 15) is 19.2 Å². The lowest BCUT2D eigenvalue weighted by molar-refractivity contribution is -0.140. The molecule has 4 aromatic heterocycles. The average molecular weight is 1140 g/mol. The SMILES string of the molecule is CN[C@@H](C)C(=O)N[C@H](C(=O)N1C[C@@H](NC(=O)c2ccc(C(=O)N[C@H]3C[C@@H](c4cn5c(-c6ccccc6)cccc5n4)N(C(=O)[C@@H](NC(=O)[C@H](C)NC)C4CCOCC4)C3)cc2)C[C@H]1c1cn2c(-c3ccccc3)cccc2n1)C1CCOCC1. The summed E-state index contributed by atoms with van der Waals surface area (Å²) in [7, 11) is 3.40. The lowest BCUT2D eigenvalue weighted by atomic mass is 9.90. The predicted molar refractivity (Wildman–Crippen MR) is 316 cm³/mol. The summed E-state index contributed by atoms with van der Waals surface area (Å²) >= 11 is 0. The van der Waals surface area contributed by atoms with Gasteiger partial charge in [0.05, 0.1) is 46.9 Å². The molecule has 438 valence electrons. The Morgan fingerprint density at radius 3 is 1.25 bits per heavy atom. The molecule has 20 nitrogen and oxygen atoms in total. The lowest BCUT2D eigenvalue weighted by Crippen LogP contribution is -2.56. The van der Waals surface area contributed by atoms with Crippen molar-refractivity contribution in [3.63, 3.8) is 0 Å². The van der Waals surface area contributed by atoms with Crippen LogP contribution in [-0.2, 0) is 28.7 Å². The number of fused-ring (bicyclic) bond motifs is 2. The number of carbonyl (C=O) groups is 6. The van der Waals surface area contributed by atoms with Crippen molar-refractivity contribution in [3.05, 3.63) is 156 Å². The van der Waals surface area contributed by atoms with Gasteiger partial charge in [-0.1, -0.05) is 72.8 Å². The summed E-state index contributed by atoms with van der Waals surface area (Å²) < 4.78 is 15.4. The number of hydrogen-bond donors (Lipinski definition) is 6. The van der Waals surface area contributed by atoms with E-state index in [-0.39, 0.29) is 60.4 Å². The summed E-state index contributed by atoms with van der Waals surface area (Å²) in [6.07, 6.45) is 7.01. The second-order valence-corrected chi connectivity index (χ2v) is 22.6. The van der Waals surface area contributed by atoms with Gasteiger partial charge in [-0.3, -0.25) is 37.6 Å². The molecule has 4 saturated heterocycles. The molecule has 20 heteroatoms. The Hall–Kier alpha value is -8.30. The van der Waals surface area contributed by atoms with Crippen LogP contribution in [0.3, 0.4) is 0 Å². The number of imidazole rings is 2. The van der Waals surface area contributed by atoms with Crippen LogP contribution in [0.1, 0.15) is 96.6 Å². The summed E-state index contributed by atoms with van der Waals surface area (Å²) in [5.74, 6) is -2.19. The Balaban J connectivity index is 0.827. The van der Waals surface area contributed by atoms with E-state index in [2.05, 4.69) is 31.9 Å². The molecule has 0 aliphatic carbocycles. The van der Waals surface area contributed by atoms with Gasteiger partial charge in [-0.25, -0.2) is 9.97 Å². The third-order valence-electron chi connectivity index (χ3n) is 17.3. The number of rotatable bonds is 18. The van der Waals surface area contributed by atoms with Crippen LogP contribution in [0.5, 0.6) is 0 Å². The number of ether oxygens (including phenoxy) is 2. The van der Waals surface area contributed by atoms with Gasteiger partial charge in [-0.15, -0.1) is 0 Å². The maximum atomic E-state index is 15.1. The minimum absolute atomic E-state index is 0.161. The minimum atomic E-state index is -0.837. The zero-order valence-corrected chi connectivity index (χ0v) is 47.9. The lowest BCUT2D eigenvalue weighted by Gasteiger charge is -2.35. The largest absolute Gasteiger partial charge is 0.381 e. The highest BCUT2D eigenvalue weighted by Crippen LogP contribution is 2.38. The molecule has 4 aliphatic heterocycles. The Morgan fingerprint density at radius 1 is 0.500 bits per heavy atom. The van der Waals surface area contributed by atoms with Gasteiger partial charge in [0.15, 0.2) is 0 Å². The van der Waals surface area contributed by atoms with Gasteiger partial charge >= 0.3 is 0 Å². The van der Waals surface area contributed by atoms with Crippen molar-refractivity contribution in [2.24, 2.45) is 11.8 Å². The number of aromatic nitrogens is 4. The van der Waals surface area contributed by atoms with E-state index >= 15 is 9.59 Å². The van der Waals surface area contributed by atoms with E-state index in [1.807, 2.05) is 118 Å². The topological polar surface area (TPSA) is 234 Å². The number of hydrogen-bond acceptors (Lipinski definition) is 12. The summed E-state index contributed by atoms with van der Waals surface area (Å²) in [4.78, 5) is 99.5. The Labute approximate surface area is 488 Å². The molecular weight excluding hydrogens is 1060 g/mol. The van der Waals surface area contributed by atoms with Crippen LogP contribution in [0.2, 0.25) is 0 Å². The number of likely N-dealkylation sites (N-methyl/N-ethyl adjacent to an activating group) is 2. The molecule has 4 aliphatic rings. The first-order chi connectivity index (χ1) is 40.8. The molecule has 0 radical (unpaired) electrons. The van der Waals surface area contributed by atoms with Crippen LogP contribution in [0.4, 0.5) is 0 Å². The van der Waals surface area contributed by atoms with Crippen LogP contribution in [-0.4, -0.2) is 154 Å². The Bertz CT molecular complexity index is 3260. The monoisotopic (exact) mass is 1140 g/mol. The molecule has 8 heterocycles. The van der Waals surface area contributed by atoms with Crippen molar-refractivity contribution >= 4 is 46.7 Å². The van der Waals surface area contributed by atoms with E-state index in [0.29, 0.717) is 98.8 Å². The minimum Gasteiger partial charge on any atom is -0.381 e. The highest BCUT2D eigenvalue weighted by molar-refractivity contribution is 5.98. The number of nitrogens with zero attached hydrogens (tertiary/aromatic N) is 6. The van der Waals surface area contributed by atoms with E-state index < -0.39 is 48.3 Å². The van der Waals surface area contributed by atoms with Crippen LogP contribution in [0, 0.1) is 11.8 Å². The quantitative estimate of drug-likeness (QED) is 0.0626. The second kappa shape index (κ2) is 25.7. The average Bonchev–Trinajstić information content (AvgIpc) is 2.65. The van der Waals surface area contributed by atoms with Crippen molar-refractivity contribution in [1.29, 1.82) is 0 Å². The molecular formula is C64H74N12O8. The molecule has 8 atom stereocenters. The van der Waals surface area contributed by atoms with Crippen molar-refractivity contribution < 1.29 is 38.2 Å². The highest BCUT2D eigenvalue weighted by Gasteiger charge is 2.46. The second-order valence-electron chi connectivity index (χ2n) is 22.6. The van der Waals surface area contributed by atoms with Gasteiger partial charge < -0.3 is 51.2 Å². The molecule has 6 amide bonds. The molecule has 0 bridgehead atoms. The fourth-order valence-corrected chi connectivity index (χ4v) is 12.3. The molecule has 0 saturated carbocycles. The van der Waals surface area contributed by atoms with Gasteiger partial charge in [0, 0.05) is 75.1 Å². The molecule has 4 fully saturated rings. The molecule has 6 N–H and O–H groups in total. The predicted octanol–water partition coefficient (Wildman–Crippen LogP) is 5.50. The van der Waals surface area contributed by atoms with Crippen molar-refractivity contribution in [2.45, 2.75) is 101 Å². The van der Waals surface area contributed by atoms with E-state index in [0.717, 1.165) is 22.5 Å². The van der Waals surface area contributed by atoms with Crippen molar-refractivity contribution in [2.75, 3.05) is 53.6 Å². The summed E-state index contributed by atoms with van der Waals surface area (Å²) in [5, 5.41) is 18.5. The van der Waals surface area contributed by atoms with E-state index in [1.54, 1.807) is 62.0 Å². The first kappa shape index (κ1) is 57.5. The van der Waals surface area contributed by atoms with Gasteiger partial charge in [0.2, 0.25) is 23.6 Å². The summed E-state index contributed by atoms with van der Waals surface area (Å²) in [6, 6.07) is 33.4. The van der Waals surface area contributed by atoms with Gasteiger partial charge in [0.1, 0.15) is 23.4 Å². The third-order valence-corrected chi connectivity index (χ3v) is 17.3. The van der Waals surface area contributed by atoms with Crippen LogP contribution in [0.25, 0.3) is 33.8 Å². The number of carbonyl (C=O) groups excluding carboxylic acids is 6. The van der Waals surface area contributed by atoms with Gasteiger partial charge in [-0.2, -0.15) is 0 Å². The molecule has 7 aromatic rings. The number of pyridine rings is 2. The number of benzene rings is 3. The fraction of sp³-hybridized carbons (Fsp3) is 0.406. The fourth-order valence-electron chi connectivity index (χ4n) is 12.3. The highest BCUT2D eigenvalue weighted by atomic mass is 16.5. The number of amides is 6. The van der Waals surface area contributed by atoms with Crippen molar-refractivity contribution in [3.8, 4) is 22.5 Å². The molecule has 3 aromatic carbocycles. The first-order valence-corrected chi connectivity index (χ1v) is 29.4. The smallest absolute Gasteiger partial charge is 0.251 e. The molecule has 84 heavy (non-hydrogen) atoms. The van der Waals surface area contributed by atoms with Crippen LogP contribution < -0.4 is 31.9 Å². The van der Waals surface area contributed by atoms with Crippen LogP contribution in [0.15, 0.2) is 134 Å². The molecule has 11 rings (SSSR count). The van der Waals surface area contributed by atoms with Gasteiger partial charge in [0.25, 0.3) is 11.8 Å². The van der Waals surface area contributed by atoms with Crippen LogP contribution >= 0.6 is 0 Å². The normalized spacial score (nSPS) is 21.0. The summed E-state index contributed by atoms with van der Waals surface area (Å²) in [6.45, 7) is 5.72. The Morgan fingerprint density at radius 2 is 0.881 bits per heavy atom. The Kier molecular flexibility index (Phi) is 17.6. The zero-order valence-electron chi connectivity index (χ0n) is 47.9. The van der Waals surface area contributed by atoms with E-state index in [4.69, 9.17) is 19.4 Å². The molecule has 0 spiro atoms. The maximum absolute atomic E-state index is 15.1. The summed E-state index contributed by atoms with van der Waals surface area (Å²) in [5.41, 5.74) is 7.21.